The average Bonchev–Trinajstić information content (AvgIpc) is 3.02. The molecule has 0 aromatic carbocycles. The van der Waals surface area contributed by atoms with Gasteiger partial charge in [-0.05, 0) is 26.2 Å². The first-order valence-corrected chi connectivity index (χ1v) is 6.90. The highest BCUT2D eigenvalue weighted by atomic mass is 16.5. The average molecular weight is 254 g/mol. The maximum Gasteiger partial charge on any atom is 0.329 e. The standard InChI is InChI=1S/C13H22N2O3/c1-13(18-7-12(16)17)8-15(9-13)11-4-5-14(6-11)10-2-3-10/h10-11H,2-9H2,1H3,(H,16,17). The lowest BCUT2D eigenvalue weighted by molar-refractivity contribution is -0.169. The van der Waals surface area contributed by atoms with Gasteiger partial charge < -0.3 is 9.84 Å². The van der Waals surface area contributed by atoms with Crippen molar-refractivity contribution in [2.24, 2.45) is 0 Å². The van der Waals surface area contributed by atoms with E-state index < -0.39 is 5.97 Å². The number of carboxylic acids is 1. The van der Waals surface area contributed by atoms with Crippen LogP contribution in [0.3, 0.4) is 0 Å². The molecule has 1 atom stereocenters. The van der Waals surface area contributed by atoms with Gasteiger partial charge in [0.2, 0.25) is 0 Å². The molecule has 1 saturated carbocycles. The van der Waals surface area contributed by atoms with E-state index in [1.807, 2.05) is 6.92 Å². The van der Waals surface area contributed by atoms with Crippen LogP contribution in [0.2, 0.25) is 0 Å². The van der Waals surface area contributed by atoms with E-state index in [0.29, 0.717) is 6.04 Å². The zero-order valence-electron chi connectivity index (χ0n) is 11.0. The summed E-state index contributed by atoms with van der Waals surface area (Å²) in [5, 5.41) is 8.63. The van der Waals surface area contributed by atoms with Gasteiger partial charge in [-0.15, -0.1) is 0 Å². The van der Waals surface area contributed by atoms with E-state index in [1.165, 1.54) is 32.4 Å². The molecule has 3 aliphatic rings. The molecule has 0 spiro atoms. The minimum absolute atomic E-state index is 0.177. The van der Waals surface area contributed by atoms with Crippen molar-refractivity contribution in [2.75, 3.05) is 32.8 Å². The van der Waals surface area contributed by atoms with Crippen molar-refractivity contribution < 1.29 is 14.6 Å². The van der Waals surface area contributed by atoms with Gasteiger partial charge >= 0.3 is 5.97 Å². The molecule has 3 rings (SSSR count). The molecule has 2 heterocycles. The second-order valence-electron chi connectivity index (χ2n) is 6.21. The summed E-state index contributed by atoms with van der Waals surface area (Å²) in [6, 6.07) is 1.53. The van der Waals surface area contributed by atoms with Crippen molar-refractivity contribution in [2.45, 2.75) is 43.9 Å². The lowest BCUT2D eigenvalue weighted by Crippen LogP contribution is -2.65. The lowest BCUT2D eigenvalue weighted by Gasteiger charge is -2.50. The van der Waals surface area contributed by atoms with Crippen molar-refractivity contribution in [3.63, 3.8) is 0 Å². The fourth-order valence-corrected chi connectivity index (χ4v) is 3.24. The molecule has 0 radical (unpaired) electrons. The molecule has 102 valence electrons. The van der Waals surface area contributed by atoms with E-state index in [1.54, 1.807) is 0 Å². The van der Waals surface area contributed by atoms with Gasteiger partial charge in [0.15, 0.2) is 0 Å². The molecule has 0 bridgehead atoms. The zero-order chi connectivity index (χ0) is 12.8. The summed E-state index contributed by atoms with van der Waals surface area (Å²) in [4.78, 5) is 15.6. The first-order valence-electron chi connectivity index (χ1n) is 6.90. The number of hydrogen-bond donors (Lipinski definition) is 1. The molecular weight excluding hydrogens is 232 g/mol. The Labute approximate surface area is 108 Å². The molecule has 5 nitrogen and oxygen atoms in total. The molecule has 2 saturated heterocycles. The van der Waals surface area contributed by atoms with Crippen LogP contribution < -0.4 is 0 Å². The number of ether oxygens (including phenoxy) is 1. The minimum Gasteiger partial charge on any atom is -0.480 e. The Bertz CT molecular complexity index is 337. The number of rotatable bonds is 5. The normalized spacial score (nSPS) is 32.4. The first-order chi connectivity index (χ1) is 8.56. The van der Waals surface area contributed by atoms with Crippen molar-refractivity contribution in [1.29, 1.82) is 0 Å². The smallest absolute Gasteiger partial charge is 0.329 e. The zero-order valence-corrected chi connectivity index (χ0v) is 11.0. The number of carboxylic acid groups (broad SMARTS) is 1. The molecular formula is C13H22N2O3. The van der Waals surface area contributed by atoms with Gasteiger partial charge in [0, 0.05) is 38.3 Å². The van der Waals surface area contributed by atoms with E-state index in [2.05, 4.69) is 9.80 Å². The maximum atomic E-state index is 10.5. The summed E-state index contributed by atoms with van der Waals surface area (Å²) < 4.78 is 5.45. The quantitative estimate of drug-likeness (QED) is 0.769. The molecule has 0 aromatic rings. The summed E-state index contributed by atoms with van der Waals surface area (Å²) in [5.41, 5.74) is -0.245. The highest BCUT2D eigenvalue weighted by Crippen LogP contribution is 2.34. The van der Waals surface area contributed by atoms with Gasteiger partial charge in [-0.25, -0.2) is 4.79 Å². The summed E-state index contributed by atoms with van der Waals surface area (Å²) in [6.07, 6.45) is 4.02. The summed E-state index contributed by atoms with van der Waals surface area (Å²) in [5.74, 6) is -0.879. The summed E-state index contributed by atoms with van der Waals surface area (Å²) in [6.45, 7) is 6.02. The Balaban J connectivity index is 1.42. The summed E-state index contributed by atoms with van der Waals surface area (Å²) in [7, 11) is 0. The first kappa shape index (κ1) is 12.4. The van der Waals surface area contributed by atoms with E-state index in [-0.39, 0.29) is 12.2 Å². The Kier molecular flexibility index (Phi) is 3.08. The molecule has 1 aliphatic carbocycles. The van der Waals surface area contributed by atoms with E-state index >= 15 is 0 Å². The Morgan fingerprint density at radius 3 is 2.61 bits per heavy atom. The van der Waals surface area contributed by atoms with Crippen LogP contribution in [0.4, 0.5) is 0 Å². The maximum absolute atomic E-state index is 10.5. The van der Waals surface area contributed by atoms with Crippen LogP contribution in [0.25, 0.3) is 0 Å². The predicted molar refractivity (Wildman–Crippen MR) is 66.6 cm³/mol. The molecule has 1 N–H and O–H groups in total. The van der Waals surface area contributed by atoms with Crippen LogP contribution in [0.15, 0.2) is 0 Å². The minimum atomic E-state index is -0.879. The largest absolute Gasteiger partial charge is 0.480 e. The van der Waals surface area contributed by atoms with Crippen LogP contribution in [-0.2, 0) is 9.53 Å². The van der Waals surface area contributed by atoms with Gasteiger partial charge in [-0.1, -0.05) is 0 Å². The van der Waals surface area contributed by atoms with Crippen molar-refractivity contribution in [3.05, 3.63) is 0 Å². The third-order valence-corrected chi connectivity index (χ3v) is 4.39. The van der Waals surface area contributed by atoms with Crippen LogP contribution in [-0.4, -0.2) is 71.3 Å². The fourth-order valence-electron chi connectivity index (χ4n) is 3.24. The van der Waals surface area contributed by atoms with Crippen molar-refractivity contribution in [1.82, 2.24) is 9.80 Å². The van der Waals surface area contributed by atoms with Gasteiger partial charge in [0.25, 0.3) is 0 Å². The van der Waals surface area contributed by atoms with Crippen LogP contribution in [0, 0.1) is 0 Å². The van der Waals surface area contributed by atoms with Gasteiger partial charge in [-0.2, -0.15) is 0 Å². The third-order valence-electron chi connectivity index (χ3n) is 4.39. The third kappa shape index (κ3) is 2.53. The van der Waals surface area contributed by atoms with E-state index in [0.717, 1.165) is 19.1 Å². The molecule has 0 aromatic heterocycles. The molecule has 0 amide bonds. The molecule has 18 heavy (non-hydrogen) atoms. The van der Waals surface area contributed by atoms with Gasteiger partial charge in [0.05, 0.1) is 5.60 Å². The van der Waals surface area contributed by atoms with Crippen molar-refractivity contribution in [3.8, 4) is 0 Å². The predicted octanol–water partition coefficient (Wildman–Crippen LogP) is 0.399. The Hall–Kier alpha value is -0.650. The number of aliphatic carboxylic acids is 1. The number of carbonyl (C=O) groups is 1. The Morgan fingerprint density at radius 1 is 1.28 bits per heavy atom. The number of nitrogens with zero attached hydrogens (tertiary/aromatic N) is 2. The molecule has 1 unspecified atom stereocenters. The topological polar surface area (TPSA) is 53.0 Å². The van der Waals surface area contributed by atoms with Gasteiger partial charge in [-0.3, -0.25) is 9.80 Å². The van der Waals surface area contributed by atoms with Crippen LogP contribution >= 0.6 is 0 Å². The van der Waals surface area contributed by atoms with E-state index in [9.17, 15) is 4.79 Å². The van der Waals surface area contributed by atoms with Crippen LogP contribution in [0.5, 0.6) is 0 Å². The number of hydrogen-bond acceptors (Lipinski definition) is 4. The number of likely N-dealkylation sites (tertiary alicyclic amines) is 2. The Morgan fingerprint density at radius 2 is 2.00 bits per heavy atom. The molecule has 5 heteroatoms. The SMILES string of the molecule is CC1(OCC(=O)O)CN(C2CCN(C3CC3)C2)C1. The second-order valence-corrected chi connectivity index (χ2v) is 6.21. The highest BCUT2D eigenvalue weighted by Gasteiger charge is 2.46. The second kappa shape index (κ2) is 4.47. The van der Waals surface area contributed by atoms with E-state index in [4.69, 9.17) is 9.84 Å². The highest BCUT2D eigenvalue weighted by molar-refractivity contribution is 5.68. The van der Waals surface area contributed by atoms with Crippen LogP contribution in [0.1, 0.15) is 26.2 Å². The lowest BCUT2D eigenvalue weighted by atomic mass is 9.93. The fraction of sp³-hybridized carbons (Fsp3) is 0.923. The molecule has 3 fully saturated rings. The van der Waals surface area contributed by atoms with Crippen molar-refractivity contribution >= 4 is 5.97 Å². The van der Waals surface area contributed by atoms with Gasteiger partial charge in [0.1, 0.15) is 6.61 Å². The molecule has 2 aliphatic heterocycles. The summed E-state index contributed by atoms with van der Waals surface area (Å²) >= 11 is 0. The monoisotopic (exact) mass is 254 g/mol.